The number of guanidine groups is 1. The second-order valence-corrected chi connectivity index (χ2v) is 6.07. The van der Waals surface area contributed by atoms with Crippen molar-refractivity contribution in [2.45, 2.75) is 19.4 Å². The van der Waals surface area contributed by atoms with Crippen LogP contribution in [0.5, 0.6) is 0 Å². The molecule has 0 spiro atoms. The molecule has 0 aliphatic carbocycles. The van der Waals surface area contributed by atoms with Crippen molar-refractivity contribution in [2.24, 2.45) is 10.7 Å². The molecule has 0 fully saturated rings. The zero-order chi connectivity index (χ0) is 15.0. The number of rotatable bonds is 2. The molecule has 1 unspecified atom stereocenters. The van der Waals surface area contributed by atoms with E-state index < -0.39 is 0 Å². The Hall–Kier alpha value is -2.00. The van der Waals surface area contributed by atoms with Crippen molar-refractivity contribution in [2.75, 3.05) is 11.4 Å². The average molecular weight is 300 g/mol. The first-order chi connectivity index (χ1) is 10.0. The van der Waals surface area contributed by atoms with Gasteiger partial charge in [-0.1, -0.05) is 41.4 Å². The fourth-order valence-corrected chi connectivity index (χ4v) is 2.97. The van der Waals surface area contributed by atoms with Crippen LogP contribution in [0.15, 0.2) is 53.5 Å². The highest BCUT2D eigenvalue weighted by atomic mass is 35.5. The van der Waals surface area contributed by atoms with Gasteiger partial charge in [-0.3, -0.25) is 4.99 Å². The Morgan fingerprint density at radius 1 is 1.19 bits per heavy atom. The maximum atomic E-state index is 6.15. The Kier molecular flexibility index (Phi) is 3.38. The molecule has 1 atom stereocenters. The van der Waals surface area contributed by atoms with E-state index in [2.05, 4.69) is 54.1 Å². The Balaban J connectivity index is 2.07. The van der Waals surface area contributed by atoms with E-state index in [1.807, 2.05) is 18.2 Å². The predicted molar refractivity (Wildman–Crippen MR) is 89.0 cm³/mol. The molecule has 0 radical (unpaired) electrons. The van der Waals surface area contributed by atoms with Crippen molar-refractivity contribution in [3.8, 4) is 0 Å². The summed E-state index contributed by atoms with van der Waals surface area (Å²) >= 11 is 6.15. The summed E-state index contributed by atoms with van der Waals surface area (Å²) in [5, 5.41) is 0.725. The number of hydrogen-bond donors (Lipinski definition) is 1. The Morgan fingerprint density at radius 2 is 1.90 bits per heavy atom. The minimum absolute atomic E-state index is 0.315. The van der Waals surface area contributed by atoms with Crippen molar-refractivity contribution in [3.05, 3.63) is 64.7 Å². The molecule has 0 amide bonds. The SMILES string of the molecule is Cc1ccc(N2C(N)=NCC2(C)c2cccc(Cl)c2)cc1. The molecular formula is C17H18ClN3. The number of aryl methyl sites for hydroxylation is 1. The van der Waals surface area contributed by atoms with E-state index in [0.29, 0.717) is 12.5 Å². The van der Waals surface area contributed by atoms with Crippen LogP contribution < -0.4 is 10.6 Å². The lowest BCUT2D eigenvalue weighted by Crippen LogP contribution is -2.47. The fraction of sp³-hybridized carbons (Fsp3) is 0.235. The van der Waals surface area contributed by atoms with Crippen LogP contribution in [0.2, 0.25) is 5.02 Å². The molecule has 1 heterocycles. The summed E-state index contributed by atoms with van der Waals surface area (Å²) in [6, 6.07) is 16.2. The lowest BCUT2D eigenvalue weighted by atomic mass is 9.90. The molecular weight excluding hydrogens is 282 g/mol. The van der Waals surface area contributed by atoms with Gasteiger partial charge in [0.25, 0.3) is 0 Å². The quantitative estimate of drug-likeness (QED) is 0.918. The maximum Gasteiger partial charge on any atom is 0.196 e. The summed E-state index contributed by atoms with van der Waals surface area (Å²) in [4.78, 5) is 6.53. The largest absolute Gasteiger partial charge is 0.369 e. The van der Waals surface area contributed by atoms with E-state index in [0.717, 1.165) is 16.3 Å². The van der Waals surface area contributed by atoms with Gasteiger partial charge in [0.2, 0.25) is 0 Å². The number of nitrogens with zero attached hydrogens (tertiary/aromatic N) is 2. The summed E-state index contributed by atoms with van der Waals surface area (Å²) < 4.78 is 0. The summed E-state index contributed by atoms with van der Waals surface area (Å²) in [6.07, 6.45) is 0. The summed E-state index contributed by atoms with van der Waals surface area (Å²) in [7, 11) is 0. The summed E-state index contributed by atoms with van der Waals surface area (Å²) in [6.45, 7) is 4.83. The Morgan fingerprint density at radius 3 is 2.57 bits per heavy atom. The highest BCUT2D eigenvalue weighted by Crippen LogP contribution is 2.37. The molecule has 108 valence electrons. The van der Waals surface area contributed by atoms with Crippen molar-refractivity contribution in [1.82, 2.24) is 0 Å². The van der Waals surface area contributed by atoms with Crippen LogP contribution in [0.3, 0.4) is 0 Å². The monoisotopic (exact) mass is 299 g/mol. The number of hydrogen-bond acceptors (Lipinski definition) is 3. The minimum Gasteiger partial charge on any atom is -0.369 e. The Labute approximate surface area is 130 Å². The third kappa shape index (κ3) is 2.38. The molecule has 2 aromatic rings. The third-order valence-corrected chi connectivity index (χ3v) is 4.25. The van der Waals surface area contributed by atoms with Gasteiger partial charge < -0.3 is 10.6 Å². The van der Waals surface area contributed by atoms with Crippen LogP contribution in [0.1, 0.15) is 18.1 Å². The van der Waals surface area contributed by atoms with Crippen LogP contribution in [-0.4, -0.2) is 12.5 Å². The van der Waals surface area contributed by atoms with Gasteiger partial charge in [0.15, 0.2) is 5.96 Å². The number of anilines is 1. The van der Waals surface area contributed by atoms with Crippen LogP contribution in [-0.2, 0) is 5.54 Å². The van der Waals surface area contributed by atoms with Gasteiger partial charge in [0, 0.05) is 10.7 Å². The molecule has 0 saturated heterocycles. The smallest absolute Gasteiger partial charge is 0.196 e. The zero-order valence-corrected chi connectivity index (χ0v) is 12.9. The standard InChI is InChI=1S/C17H18ClN3/c1-12-6-8-15(9-7-12)21-16(19)20-11-17(21,2)13-4-3-5-14(18)10-13/h3-10H,11H2,1-2H3,(H2,19,20). The van der Waals surface area contributed by atoms with E-state index in [1.165, 1.54) is 5.56 Å². The first-order valence-electron chi connectivity index (χ1n) is 6.93. The molecule has 4 heteroatoms. The van der Waals surface area contributed by atoms with Gasteiger partial charge >= 0.3 is 0 Å². The third-order valence-electron chi connectivity index (χ3n) is 4.01. The molecule has 3 rings (SSSR count). The second kappa shape index (κ2) is 5.08. The van der Waals surface area contributed by atoms with E-state index in [1.54, 1.807) is 0 Å². The van der Waals surface area contributed by atoms with Crippen LogP contribution in [0, 0.1) is 6.92 Å². The summed E-state index contributed by atoms with van der Waals surface area (Å²) in [5.74, 6) is 0.543. The van der Waals surface area contributed by atoms with Crippen molar-refractivity contribution < 1.29 is 0 Å². The number of benzene rings is 2. The highest BCUT2D eigenvalue weighted by molar-refractivity contribution is 6.30. The van der Waals surface area contributed by atoms with Gasteiger partial charge in [-0.05, 0) is 43.7 Å². The van der Waals surface area contributed by atoms with E-state index in [4.69, 9.17) is 17.3 Å². The fourth-order valence-electron chi connectivity index (χ4n) is 2.78. The first kappa shape index (κ1) is 14.0. The highest BCUT2D eigenvalue weighted by Gasteiger charge is 2.40. The van der Waals surface area contributed by atoms with Gasteiger partial charge in [-0.15, -0.1) is 0 Å². The molecule has 2 aromatic carbocycles. The van der Waals surface area contributed by atoms with Crippen molar-refractivity contribution >= 4 is 23.2 Å². The van der Waals surface area contributed by atoms with E-state index >= 15 is 0 Å². The van der Waals surface area contributed by atoms with Gasteiger partial charge in [-0.2, -0.15) is 0 Å². The van der Waals surface area contributed by atoms with Crippen LogP contribution in [0.4, 0.5) is 5.69 Å². The minimum atomic E-state index is -0.315. The molecule has 21 heavy (non-hydrogen) atoms. The van der Waals surface area contributed by atoms with Gasteiger partial charge in [0.05, 0.1) is 12.1 Å². The van der Waals surface area contributed by atoms with Crippen molar-refractivity contribution in [3.63, 3.8) is 0 Å². The van der Waals surface area contributed by atoms with Gasteiger partial charge in [-0.25, -0.2) is 0 Å². The lowest BCUT2D eigenvalue weighted by Gasteiger charge is -2.36. The molecule has 2 N–H and O–H groups in total. The van der Waals surface area contributed by atoms with Crippen LogP contribution >= 0.6 is 11.6 Å². The zero-order valence-electron chi connectivity index (χ0n) is 12.2. The molecule has 3 nitrogen and oxygen atoms in total. The molecule has 0 aromatic heterocycles. The van der Waals surface area contributed by atoms with E-state index in [-0.39, 0.29) is 5.54 Å². The molecule has 0 bridgehead atoms. The maximum absolute atomic E-state index is 6.15. The number of nitrogens with two attached hydrogens (primary N) is 1. The average Bonchev–Trinajstić information content (AvgIpc) is 2.77. The summed E-state index contributed by atoms with van der Waals surface area (Å²) in [5.41, 5.74) is 9.20. The van der Waals surface area contributed by atoms with Crippen LogP contribution in [0.25, 0.3) is 0 Å². The Bertz CT molecular complexity index is 693. The molecule has 1 aliphatic heterocycles. The van der Waals surface area contributed by atoms with Crippen molar-refractivity contribution in [1.29, 1.82) is 0 Å². The lowest BCUT2D eigenvalue weighted by molar-refractivity contribution is 0.533. The normalized spacial score (nSPS) is 21.5. The topological polar surface area (TPSA) is 41.6 Å². The van der Waals surface area contributed by atoms with Gasteiger partial charge in [0.1, 0.15) is 0 Å². The second-order valence-electron chi connectivity index (χ2n) is 5.63. The molecule has 0 saturated carbocycles. The molecule has 1 aliphatic rings. The number of aliphatic imine (C=N–C) groups is 1. The van der Waals surface area contributed by atoms with E-state index in [9.17, 15) is 0 Å². The predicted octanol–water partition coefficient (Wildman–Crippen LogP) is 3.70. The number of halogens is 1. The first-order valence-corrected chi connectivity index (χ1v) is 7.31.